The molecule has 0 fully saturated rings. The van der Waals surface area contributed by atoms with E-state index in [4.69, 9.17) is 5.73 Å². The Morgan fingerprint density at radius 2 is 2.00 bits per heavy atom. The molecule has 0 bridgehead atoms. The highest BCUT2D eigenvalue weighted by molar-refractivity contribution is 7.08. The molecule has 0 saturated carbocycles. The standard InChI is InChI=1S/C19H18F3N5OS/c20-14-8-16(22)15(21)6-12(14)5-13(23)7-18(28)26-2-3-27-17(9-26)19(24-25-27)11-1-4-29-10-11/h1,4,6,8,10,13H,2-3,5,7,9,23H2/t13-/m1/s1. The molecule has 0 saturated heterocycles. The van der Waals surface area contributed by atoms with Gasteiger partial charge >= 0.3 is 0 Å². The fourth-order valence-electron chi connectivity index (χ4n) is 3.41. The smallest absolute Gasteiger partial charge is 0.224 e. The van der Waals surface area contributed by atoms with Crippen LogP contribution < -0.4 is 5.73 Å². The molecule has 2 aromatic heterocycles. The minimum atomic E-state index is -1.25. The number of hydrogen-bond donors (Lipinski definition) is 1. The van der Waals surface area contributed by atoms with Crippen molar-refractivity contribution >= 4 is 17.2 Å². The van der Waals surface area contributed by atoms with Crippen molar-refractivity contribution in [3.05, 3.63) is 57.7 Å². The minimum absolute atomic E-state index is 0.0339. The number of carbonyl (C=O) groups excluding carboxylic acids is 1. The topological polar surface area (TPSA) is 77.0 Å². The molecule has 152 valence electrons. The molecule has 6 nitrogen and oxygen atoms in total. The van der Waals surface area contributed by atoms with Crippen molar-refractivity contribution in [3.8, 4) is 11.3 Å². The minimum Gasteiger partial charge on any atom is -0.335 e. The Bertz CT molecular complexity index is 1040. The van der Waals surface area contributed by atoms with E-state index < -0.39 is 23.5 Å². The summed E-state index contributed by atoms with van der Waals surface area (Å²) >= 11 is 1.55. The van der Waals surface area contributed by atoms with Crippen LogP contribution >= 0.6 is 11.3 Å². The predicted octanol–water partition coefficient (Wildman–Crippen LogP) is 2.73. The highest BCUT2D eigenvalue weighted by Gasteiger charge is 2.27. The van der Waals surface area contributed by atoms with E-state index in [0.717, 1.165) is 23.0 Å². The molecule has 4 rings (SSSR count). The number of nitrogens with two attached hydrogens (primary N) is 1. The van der Waals surface area contributed by atoms with E-state index in [9.17, 15) is 18.0 Å². The van der Waals surface area contributed by atoms with Crippen LogP contribution in [0.5, 0.6) is 0 Å². The zero-order valence-electron chi connectivity index (χ0n) is 15.3. The summed E-state index contributed by atoms with van der Waals surface area (Å²) in [5.41, 5.74) is 8.49. The molecule has 3 aromatic rings. The maximum absolute atomic E-state index is 13.8. The third kappa shape index (κ3) is 4.03. The predicted molar refractivity (Wildman–Crippen MR) is 101 cm³/mol. The number of aromatic nitrogens is 3. The van der Waals surface area contributed by atoms with Gasteiger partial charge in [-0.2, -0.15) is 11.3 Å². The molecule has 1 aliphatic rings. The number of benzene rings is 1. The molecule has 0 aliphatic carbocycles. The zero-order valence-corrected chi connectivity index (χ0v) is 16.1. The van der Waals surface area contributed by atoms with Gasteiger partial charge in [-0.3, -0.25) is 4.79 Å². The van der Waals surface area contributed by atoms with Crippen molar-refractivity contribution in [1.29, 1.82) is 0 Å². The van der Waals surface area contributed by atoms with Crippen LogP contribution in [0, 0.1) is 17.5 Å². The van der Waals surface area contributed by atoms with Crippen LogP contribution in [0.1, 0.15) is 17.7 Å². The van der Waals surface area contributed by atoms with Crippen molar-refractivity contribution < 1.29 is 18.0 Å². The molecule has 2 N–H and O–H groups in total. The largest absolute Gasteiger partial charge is 0.335 e. The highest BCUT2D eigenvalue weighted by Crippen LogP contribution is 2.26. The highest BCUT2D eigenvalue weighted by atomic mass is 32.1. The van der Waals surface area contributed by atoms with Crippen molar-refractivity contribution in [2.24, 2.45) is 5.73 Å². The first-order valence-corrected chi connectivity index (χ1v) is 9.98. The lowest BCUT2D eigenvalue weighted by atomic mass is 10.0. The summed E-state index contributed by atoms with van der Waals surface area (Å²) < 4.78 is 42.0. The first-order valence-electron chi connectivity index (χ1n) is 9.04. The summed E-state index contributed by atoms with van der Waals surface area (Å²) in [6.45, 7) is 1.33. The van der Waals surface area contributed by atoms with Gasteiger partial charge in [-0.25, -0.2) is 17.9 Å². The normalized spacial score (nSPS) is 14.7. The molecule has 1 amide bonds. The molecule has 10 heteroatoms. The quantitative estimate of drug-likeness (QED) is 0.643. The van der Waals surface area contributed by atoms with E-state index >= 15 is 0 Å². The first kappa shape index (κ1) is 19.6. The van der Waals surface area contributed by atoms with E-state index in [1.807, 2.05) is 16.8 Å². The summed E-state index contributed by atoms with van der Waals surface area (Å²) in [6, 6.07) is 2.50. The SMILES string of the molecule is N[C@@H](CC(=O)N1CCn2nnc(-c3ccsc3)c2C1)Cc1cc(F)c(F)cc1F. The number of thiophene rings is 1. The zero-order chi connectivity index (χ0) is 20.5. The number of fused-ring (bicyclic) bond motifs is 1. The van der Waals surface area contributed by atoms with E-state index in [2.05, 4.69) is 10.3 Å². The van der Waals surface area contributed by atoms with Crippen molar-refractivity contribution in [3.63, 3.8) is 0 Å². The fraction of sp³-hybridized carbons (Fsp3) is 0.316. The van der Waals surface area contributed by atoms with E-state index in [-0.39, 0.29) is 24.3 Å². The summed E-state index contributed by atoms with van der Waals surface area (Å²) in [5, 5.41) is 12.3. The Hall–Kier alpha value is -2.72. The lowest BCUT2D eigenvalue weighted by Gasteiger charge is -2.28. The fourth-order valence-corrected chi connectivity index (χ4v) is 4.05. The Morgan fingerprint density at radius 3 is 2.76 bits per heavy atom. The van der Waals surface area contributed by atoms with Gasteiger partial charge in [-0.15, -0.1) is 5.10 Å². The van der Waals surface area contributed by atoms with Crippen LogP contribution in [-0.4, -0.2) is 38.4 Å². The summed E-state index contributed by atoms with van der Waals surface area (Å²) in [6.07, 6.45) is -0.101. The maximum Gasteiger partial charge on any atom is 0.224 e. The van der Waals surface area contributed by atoms with Gasteiger partial charge < -0.3 is 10.6 Å². The van der Waals surface area contributed by atoms with Gasteiger partial charge in [-0.1, -0.05) is 5.21 Å². The number of amides is 1. The number of rotatable bonds is 5. The molecule has 0 radical (unpaired) electrons. The third-order valence-electron chi connectivity index (χ3n) is 4.92. The summed E-state index contributed by atoms with van der Waals surface area (Å²) in [4.78, 5) is 14.4. The lowest BCUT2D eigenvalue weighted by molar-refractivity contribution is -0.133. The molecule has 1 atom stereocenters. The van der Waals surface area contributed by atoms with E-state index in [1.54, 1.807) is 20.9 Å². The number of nitrogens with zero attached hydrogens (tertiary/aromatic N) is 4. The number of carbonyl (C=O) groups is 1. The summed E-state index contributed by atoms with van der Waals surface area (Å²) in [7, 11) is 0. The van der Waals surface area contributed by atoms with Crippen LogP contribution in [0.15, 0.2) is 29.0 Å². The van der Waals surface area contributed by atoms with Crippen LogP contribution in [0.3, 0.4) is 0 Å². The molecular weight excluding hydrogens is 403 g/mol. The third-order valence-corrected chi connectivity index (χ3v) is 5.60. The Labute approximate surface area is 168 Å². The monoisotopic (exact) mass is 421 g/mol. The van der Waals surface area contributed by atoms with Gasteiger partial charge in [0, 0.05) is 36.0 Å². The number of halogens is 3. The van der Waals surface area contributed by atoms with E-state index in [1.165, 1.54) is 0 Å². The molecule has 0 unspecified atom stereocenters. The molecule has 1 aromatic carbocycles. The lowest BCUT2D eigenvalue weighted by Crippen LogP contribution is -2.41. The van der Waals surface area contributed by atoms with E-state index in [0.29, 0.717) is 25.7 Å². The van der Waals surface area contributed by atoms with Crippen LogP contribution in [-0.2, 0) is 24.3 Å². The molecule has 29 heavy (non-hydrogen) atoms. The molecule has 1 aliphatic heterocycles. The van der Waals surface area contributed by atoms with Crippen molar-refractivity contribution in [2.45, 2.75) is 32.0 Å². The Kier molecular flexibility index (Phi) is 5.37. The van der Waals surface area contributed by atoms with Gasteiger partial charge in [0.2, 0.25) is 5.91 Å². The van der Waals surface area contributed by atoms with Crippen LogP contribution in [0.25, 0.3) is 11.3 Å². The van der Waals surface area contributed by atoms with Crippen molar-refractivity contribution in [2.75, 3.05) is 6.54 Å². The Morgan fingerprint density at radius 1 is 1.21 bits per heavy atom. The summed E-state index contributed by atoms with van der Waals surface area (Å²) in [5.74, 6) is -3.46. The van der Waals surface area contributed by atoms with Gasteiger partial charge in [-0.05, 0) is 29.5 Å². The van der Waals surface area contributed by atoms with Gasteiger partial charge in [0.05, 0.1) is 18.8 Å². The average Bonchev–Trinajstić information content (AvgIpc) is 3.34. The van der Waals surface area contributed by atoms with Gasteiger partial charge in [0.15, 0.2) is 11.6 Å². The second kappa shape index (κ2) is 7.96. The first-order chi connectivity index (χ1) is 13.9. The molecular formula is C19H18F3N5OS. The van der Waals surface area contributed by atoms with Gasteiger partial charge in [0.1, 0.15) is 11.5 Å². The maximum atomic E-state index is 13.8. The van der Waals surface area contributed by atoms with Crippen LogP contribution in [0.4, 0.5) is 13.2 Å². The number of hydrogen-bond acceptors (Lipinski definition) is 5. The molecule has 3 heterocycles. The second-order valence-corrected chi connectivity index (χ2v) is 7.74. The Balaban J connectivity index is 1.42. The van der Waals surface area contributed by atoms with Crippen LogP contribution in [0.2, 0.25) is 0 Å². The second-order valence-electron chi connectivity index (χ2n) is 6.96. The van der Waals surface area contributed by atoms with Gasteiger partial charge in [0.25, 0.3) is 0 Å². The average molecular weight is 421 g/mol. The van der Waals surface area contributed by atoms with Crippen molar-refractivity contribution in [1.82, 2.24) is 19.9 Å². The molecule has 0 spiro atoms.